The van der Waals surface area contributed by atoms with E-state index in [9.17, 15) is 0 Å². The summed E-state index contributed by atoms with van der Waals surface area (Å²) in [4.78, 5) is 0. The van der Waals surface area contributed by atoms with Crippen molar-refractivity contribution in [2.75, 3.05) is 0 Å². The van der Waals surface area contributed by atoms with Crippen LogP contribution >= 0.6 is 0 Å². The van der Waals surface area contributed by atoms with E-state index < -0.39 is 0 Å². The first-order valence-corrected chi connectivity index (χ1v) is 0.707. The van der Waals surface area contributed by atoms with Gasteiger partial charge in [-0.15, -0.1) is 0 Å². The van der Waals surface area contributed by atoms with Crippen LogP contribution in [0.5, 0.6) is 0 Å². The van der Waals surface area contributed by atoms with Gasteiger partial charge in [-0.25, -0.2) is 0 Å². The van der Waals surface area contributed by atoms with E-state index in [0.29, 0.717) is 0 Å². The van der Waals surface area contributed by atoms with Gasteiger partial charge in [0, 0.05) is 0 Å². The Morgan fingerprint density at radius 3 is 1.25 bits per heavy atom. The van der Waals surface area contributed by atoms with Gasteiger partial charge in [-0.3, -0.25) is 0 Å². The minimum atomic E-state index is 0. The third-order valence-electron chi connectivity index (χ3n) is 0. The van der Waals surface area contributed by atoms with Gasteiger partial charge < -0.3 is 14.4 Å². The molecule has 0 aliphatic carbocycles. The normalized spacial score (nSPS) is 1.50. The molecule has 0 aliphatic rings. The SMILES string of the molecule is [CH2-]C.[CH3-].[Li+]. The van der Waals surface area contributed by atoms with Gasteiger partial charge in [0.25, 0.3) is 0 Å². The third kappa shape index (κ3) is 18.6. The Bertz CT molecular complexity index is 3.25. The molecular weight excluding hydrogens is 43.0 g/mol. The van der Waals surface area contributed by atoms with Crippen LogP contribution < -0.4 is 18.9 Å². The van der Waals surface area contributed by atoms with Crippen molar-refractivity contribution < 1.29 is 18.9 Å². The zero-order valence-corrected chi connectivity index (χ0v) is 3.71. The molecule has 0 nitrogen and oxygen atoms in total. The molecule has 0 heterocycles. The summed E-state index contributed by atoms with van der Waals surface area (Å²) in [6, 6.07) is 0. The molecule has 0 fully saturated rings. The van der Waals surface area contributed by atoms with E-state index in [-0.39, 0.29) is 26.3 Å². The Labute approximate surface area is 40.8 Å². The second-order valence-corrected chi connectivity index (χ2v) is 0. The fraction of sp³-hybridized carbons (Fsp3) is 0.333. The maximum atomic E-state index is 3.25. The zero-order valence-electron chi connectivity index (χ0n) is 3.71. The largest absolute Gasteiger partial charge is 1.00 e. The van der Waals surface area contributed by atoms with Crippen molar-refractivity contribution in [1.82, 2.24) is 0 Å². The van der Waals surface area contributed by atoms with Gasteiger partial charge in [0.15, 0.2) is 0 Å². The molecule has 4 heavy (non-hydrogen) atoms. The molecule has 0 saturated carbocycles. The van der Waals surface area contributed by atoms with Crippen LogP contribution in [0.4, 0.5) is 0 Å². The molecule has 1 heteroatoms. The fourth-order valence-corrected chi connectivity index (χ4v) is 0. The molecule has 0 atom stereocenters. The van der Waals surface area contributed by atoms with E-state index in [1.807, 2.05) is 0 Å². The molecule has 0 aromatic carbocycles. The van der Waals surface area contributed by atoms with Crippen molar-refractivity contribution >= 4 is 0 Å². The maximum absolute atomic E-state index is 3.25. The smallest absolute Gasteiger partial charge is 0.358 e. The number of hydrogen-bond acceptors (Lipinski definition) is 0. The predicted molar refractivity (Wildman–Crippen MR) is 17.4 cm³/mol. The minimum Gasteiger partial charge on any atom is -0.358 e. The second-order valence-electron chi connectivity index (χ2n) is 0. The number of rotatable bonds is 0. The van der Waals surface area contributed by atoms with Gasteiger partial charge in [0.1, 0.15) is 0 Å². The van der Waals surface area contributed by atoms with Crippen molar-refractivity contribution in [3.63, 3.8) is 0 Å². The van der Waals surface area contributed by atoms with Crippen molar-refractivity contribution in [2.45, 2.75) is 6.92 Å². The minimum absolute atomic E-state index is 0. The fourth-order valence-electron chi connectivity index (χ4n) is 0. The van der Waals surface area contributed by atoms with Crippen LogP contribution in [-0.2, 0) is 0 Å². The van der Waals surface area contributed by atoms with Crippen molar-refractivity contribution in [1.29, 1.82) is 0 Å². The summed E-state index contributed by atoms with van der Waals surface area (Å²) in [5.74, 6) is 0. The van der Waals surface area contributed by atoms with Crippen LogP contribution in [0.1, 0.15) is 6.92 Å². The van der Waals surface area contributed by atoms with Gasteiger partial charge in [-0.05, 0) is 0 Å². The van der Waals surface area contributed by atoms with Crippen LogP contribution in [0, 0.1) is 14.4 Å². The average Bonchev–Trinajstić information content (AvgIpc) is 1.00. The average molecular weight is 51.0 g/mol. The Morgan fingerprint density at radius 1 is 1.25 bits per heavy atom. The quantitative estimate of drug-likeness (QED) is 0.227. The molecule has 0 spiro atoms. The van der Waals surface area contributed by atoms with E-state index >= 15 is 0 Å². The van der Waals surface area contributed by atoms with Gasteiger partial charge >= 0.3 is 18.9 Å². The third-order valence-corrected chi connectivity index (χ3v) is 0. The van der Waals surface area contributed by atoms with Crippen molar-refractivity contribution in [3.05, 3.63) is 14.4 Å². The summed E-state index contributed by atoms with van der Waals surface area (Å²) in [6.45, 7) is 5.00. The molecule has 0 radical (unpaired) electrons. The predicted octanol–water partition coefficient (Wildman–Crippen LogP) is -1.71. The first-order chi connectivity index (χ1) is 1.00. The Hall–Kier alpha value is 0.597. The van der Waals surface area contributed by atoms with Crippen LogP contribution in [0.3, 0.4) is 0 Å². The van der Waals surface area contributed by atoms with Gasteiger partial charge in [-0.1, -0.05) is 0 Å². The molecule has 0 saturated heterocycles. The first-order valence-electron chi connectivity index (χ1n) is 0.707. The van der Waals surface area contributed by atoms with Crippen molar-refractivity contribution in [3.8, 4) is 0 Å². The van der Waals surface area contributed by atoms with Gasteiger partial charge in [0.05, 0.1) is 0 Å². The van der Waals surface area contributed by atoms with Crippen molar-refractivity contribution in [2.24, 2.45) is 0 Å². The van der Waals surface area contributed by atoms with E-state index in [0.717, 1.165) is 0 Å². The van der Waals surface area contributed by atoms with Crippen LogP contribution in [0.25, 0.3) is 0 Å². The monoisotopic (exact) mass is 51.1 g/mol. The van der Waals surface area contributed by atoms with Gasteiger partial charge in [-0.2, -0.15) is 6.92 Å². The molecule has 0 amide bonds. The maximum Gasteiger partial charge on any atom is 1.00 e. The summed E-state index contributed by atoms with van der Waals surface area (Å²) in [5.41, 5.74) is 0. The summed E-state index contributed by atoms with van der Waals surface area (Å²) >= 11 is 0. The molecule has 0 rings (SSSR count). The molecule has 0 N–H and O–H groups in total. The molecule has 0 bridgehead atoms. The van der Waals surface area contributed by atoms with Crippen LogP contribution in [0.2, 0.25) is 0 Å². The van der Waals surface area contributed by atoms with E-state index in [1.54, 1.807) is 6.92 Å². The molecule has 0 aromatic rings. The van der Waals surface area contributed by atoms with E-state index in [4.69, 9.17) is 0 Å². The summed E-state index contributed by atoms with van der Waals surface area (Å²) < 4.78 is 0. The van der Waals surface area contributed by atoms with E-state index in [1.165, 1.54) is 0 Å². The van der Waals surface area contributed by atoms with Crippen LogP contribution in [0.15, 0.2) is 0 Å². The topological polar surface area (TPSA) is 0 Å². The summed E-state index contributed by atoms with van der Waals surface area (Å²) in [7, 11) is 0. The molecule has 0 aromatic heterocycles. The standard InChI is InChI=1S/C2H5.CH3.Li/c1-2;;/h1H2,2H3;1H3;/q2*-1;+1. The Morgan fingerprint density at radius 2 is 1.25 bits per heavy atom. The number of hydrogen-bond donors (Lipinski definition) is 0. The molecular formula is C3H8Li-. The summed E-state index contributed by atoms with van der Waals surface area (Å²) in [6.07, 6.45) is 0. The van der Waals surface area contributed by atoms with Gasteiger partial charge in [0.2, 0.25) is 0 Å². The molecule has 22 valence electrons. The second kappa shape index (κ2) is 68.0. The first kappa shape index (κ1) is 23.3. The zero-order chi connectivity index (χ0) is 2.00. The molecule has 0 unspecified atom stereocenters. The Balaban J connectivity index is -0.00000000500. The Kier molecular flexibility index (Phi) is 396. The summed E-state index contributed by atoms with van der Waals surface area (Å²) in [5, 5.41) is 0. The van der Waals surface area contributed by atoms with Crippen LogP contribution in [-0.4, -0.2) is 0 Å². The molecule has 0 aliphatic heterocycles. The van der Waals surface area contributed by atoms with E-state index in [2.05, 4.69) is 6.92 Å².